The fourth-order valence-electron chi connectivity index (χ4n) is 2.21. The molecule has 0 fully saturated rings. The second-order valence-corrected chi connectivity index (χ2v) is 4.56. The van der Waals surface area contributed by atoms with Gasteiger partial charge in [0.15, 0.2) is 0 Å². The highest BCUT2D eigenvalue weighted by Gasteiger charge is 2.04. The van der Waals surface area contributed by atoms with Crippen LogP contribution in [0.4, 0.5) is 10.1 Å². The number of anilines is 1. The maximum absolute atomic E-state index is 13.1. The Kier molecular flexibility index (Phi) is 2.91. The van der Waals surface area contributed by atoms with Crippen LogP contribution in [0.2, 0.25) is 0 Å². The van der Waals surface area contributed by atoms with Crippen LogP contribution in [0.25, 0.3) is 5.52 Å². The first-order valence-electron chi connectivity index (χ1n) is 6.18. The van der Waals surface area contributed by atoms with Gasteiger partial charge in [0.25, 0.3) is 0 Å². The fraction of sp³-hybridized carbons (Fsp3) is 0.133. The molecule has 0 aliphatic carbocycles. The molecular weight excluding hydrogens is 241 g/mol. The van der Waals surface area contributed by atoms with E-state index in [4.69, 9.17) is 5.73 Å². The van der Waals surface area contributed by atoms with Crippen LogP contribution in [0, 0.1) is 5.82 Å². The van der Waals surface area contributed by atoms with Gasteiger partial charge in [-0.05, 0) is 36.2 Å². The molecule has 2 aromatic heterocycles. The lowest BCUT2D eigenvalue weighted by Gasteiger charge is -2.03. The summed E-state index contributed by atoms with van der Waals surface area (Å²) >= 11 is 0. The van der Waals surface area contributed by atoms with Gasteiger partial charge >= 0.3 is 0 Å². The third-order valence-electron chi connectivity index (χ3n) is 3.16. The van der Waals surface area contributed by atoms with Crippen molar-refractivity contribution in [3.63, 3.8) is 0 Å². The summed E-state index contributed by atoms with van der Waals surface area (Å²) in [7, 11) is 0. The van der Waals surface area contributed by atoms with Gasteiger partial charge in [0.1, 0.15) is 11.6 Å². The van der Waals surface area contributed by atoms with E-state index in [2.05, 4.69) is 4.98 Å². The van der Waals surface area contributed by atoms with Crippen molar-refractivity contribution in [1.82, 2.24) is 9.38 Å². The summed E-state index contributed by atoms with van der Waals surface area (Å²) in [6.07, 6.45) is 5.25. The Bertz CT molecular complexity index is 718. The number of nitrogen functional groups attached to an aromatic ring is 1. The van der Waals surface area contributed by atoms with E-state index in [9.17, 15) is 4.39 Å². The predicted octanol–water partition coefficient (Wildman–Crippen LogP) is 2.84. The number of benzene rings is 1. The molecule has 0 saturated heterocycles. The number of pyridine rings is 1. The molecule has 1 aromatic carbocycles. The molecule has 0 atom stereocenters. The van der Waals surface area contributed by atoms with Crippen molar-refractivity contribution in [1.29, 1.82) is 0 Å². The number of halogens is 1. The van der Waals surface area contributed by atoms with Gasteiger partial charge in [-0.25, -0.2) is 9.37 Å². The molecule has 0 aliphatic rings. The Balaban J connectivity index is 1.82. The van der Waals surface area contributed by atoms with E-state index in [1.54, 1.807) is 18.3 Å². The van der Waals surface area contributed by atoms with Crippen LogP contribution in [-0.4, -0.2) is 9.38 Å². The monoisotopic (exact) mass is 255 g/mol. The Labute approximate surface area is 110 Å². The van der Waals surface area contributed by atoms with E-state index in [-0.39, 0.29) is 5.82 Å². The van der Waals surface area contributed by atoms with Crippen molar-refractivity contribution < 1.29 is 4.39 Å². The number of imidazole rings is 1. The number of rotatable bonds is 3. The molecule has 2 N–H and O–H groups in total. The van der Waals surface area contributed by atoms with Crippen molar-refractivity contribution in [2.75, 3.05) is 5.73 Å². The Hall–Kier alpha value is -2.36. The van der Waals surface area contributed by atoms with E-state index in [0.29, 0.717) is 0 Å². The molecule has 0 amide bonds. The van der Waals surface area contributed by atoms with Crippen LogP contribution >= 0.6 is 0 Å². The SMILES string of the molecule is Nc1ccn2c(CCc3cccc(F)c3)ncc2c1. The van der Waals surface area contributed by atoms with E-state index in [1.165, 1.54) is 6.07 Å². The van der Waals surface area contributed by atoms with Gasteiger partial charge in [0, 0.05) is 18.3 Å². The number of nitrogens with zero attached hydrogens (tertiary/aromatic N) is 2. The third-order valence-corrected chi connectivity index (χ3v) is 3.16. The maximum atomic E-state index is 13.1. The lowest BCUT2D eigenvalue weighted by Crippen LogP contribution is -1.98. The molecule has 4 heteroatoms. The van der Waals surface area contributed by atoms with E-state index >= 15 is 0 Å². The smallest absolute Gasteiger partial charge is 0.123 e. The largest absolute Gasteiger partial charge is 0.399 e. The van der Waals surface area contributed by atoms with Crippen LogP contribution in [0.1, 0.15) is 11.4 Å². The van der Waals surface area contributed by atoms with Gasteiger partial charge in [0.05, 0.1) is 11.7 Å². The molecule has 3 aromatic rings. The number of nitrogens with two attached hydrogens (primary N) is 1. The minimum Gasteiger partial charge on any atom is -0.399 e. The van der Waals surface area contributed by atoms with Gasteiger partial charge in [-0.2, -0.15) is 0 Å². The van der Waals surface area contributed by atoms with Crippen LogP contribution in [0.3, 0.4) is 0 Å². The zero-order chi connectivity index (χ0) is 13.2. The number of hydrogen-bond donors (Lipinski definition) is 1. The molecule has 3 nitrogen and oxygen atoms in total. The molecule has 96 valence electrons. The zero-order valence-corrected chi connectivity index (χ0v) is 10.4. The lowest BCUT2D eigenvalue weighted by molar-refractivity contribution is 0.625. The van der Waals surface area contributed by atoms with Gasteiger partial charge < -0.3 is 10.1 Å². The van der Waals surface area contributed by atoms with Gasteiger partial charge in [-0.1, -0.05) is 12.1 Å². The van der Waals surface area contributed by atoms with Crippen LogP contribution < -0.4 is 5.73 Å². The molecule has 0 spiro atoms. The highest BCUT2D eigenvalue weighted by Crippen LogP contribution is 2.13. The first-order valence-corrected chi connectivity index (χ1v) is 6.18. The minimum absolute atomic E-state index is 0.196. The minimum atomic E-state index is -0.196. The first kappa shape index (κ1) is 11.7. The Morgan fingerprint density at radius 3 is 2.89 bits per heavy atom. The molecule has 0 unspecified atom stereocenters. The van der Waals surface area contributed by atoms with Gasteiger partial charge in [-0.3, -0.25) is 0 Å². The Morgan fingerprint density at radius 1 is 1.16 bits per heavy atom. The predicted molar refractivity (Wildman–Crippen MR) is 73.4 cm³/mol. The Morgan fingerprint density at radius 2 is 2.05 bits per heavy atom. The van der Waals surface area contributed by atoms with Gasteiger partial charge in [0.2, 0.25) is 0 Å². The summed E-state index contributed by atoms with van der Waals surface area (Å²) in [5, 5.41) is 0. The standard InChI is InChI=1S/C15H14FN3/c16-12-3-1-2-11(8-12)4-5-15-18-10-14-9-13(17)6-7-19(14)15/h1-3,6-10H,4-5,17H2. The normalized spacial score (nSPS) is 11.0. The summed E-state index contributed by atoms with van der Waals surface area (Å²) in [6.45, 7) is 0. The topological polar surface area (TPSA) is 43.3 Å². The second-order valence-electron chi connectivity index (χ2n) is 4.56. The molecule has 0 radical (unpaired) electrons. The molecule has 0 saturated carbocycles. The number of aryl methyl sites for hydroxylation is 2. The zero-order valence-electron chi connectivity index (χ0n) is 10.4. The van der Waals surface area contributed by atoms with Crippen molar-refractivity contribution >= 4 is 11.2 Å². The number of aromatic nitrogens is 2. The molecule has 19 heavy (non-hydrogen) atoms. The number of fused-ring (bicyclic) bond motifs is 1. The lowest BCUT2D eigenvalue weighted by atomic mass is 10.1. The first-order chi connectivity index (χ1) is 9.22. The highest BCUT2D eigenvalue weighted by atomic mass is 19.1. The third kappa shape index (κ3) is 2.42. The van der Waals surface area contributed by atoms with Crippen molar-refractivity contribution in [3.8, 4) is 0 Å². The molecular formula is C15H14FN3. The van der Waals surface area contributed by atoms with Crippen molar-refractivity contribution in [2.24, 2.45) is 0 Å². The average Bonchev–Trinajstić information content (AvgIpc) is 2.78. The summed E-state index contributed by atoms with van der Waals surface area (Å²) in [4.78, 5) is 4.39. The quantitative estimate of drug-likeness (QED) is 0.782. The highest BCUT2D eigenvalue weighted by molar-refractivity contribution is 5.55. The fourth-order valence-corrected chi connectivity index (χ4v) is 2.21. The summed E-state index contributed by atoms with van der Waals surface area (Å²) in [5.41, 5.74) is 8.42. The van der Waals surface area contributed by atoms with Gasteiger partial charge in [-0.15, -0.1) is 0 Å². The van der Waals surface area contributed by atoms with E-state index in [1.807, 2.05) is 28.8 Å². The second kappa shape index (κ2) is 4.72. The molecule has 3 rings (SSSR count). The van der Waals surface area contributed by atoms with E-state index in [0.717, 1.165) is 35.4 Å². The maximum Gasteiger partial charge on any atom is 0.123 e. The summed E-state index contributed by atoms with van der Waals surface area (Å²) in [6, 6.07) is 10.4. The van der Waals surface area contributed by atoms with Crippen molar-refractivity contribution in [2.45, 2.75) is 12.8 Å². The summed E-state index contributed by atoms with van der Waals surface area (Å²) in [5.74, 6) is 0.762. The van der Waals surface area contributed by atoms with Crippen LogP contribution in [-0.2, 0) is 12.8 Å². The average molecular weight is 255 g/mol. The molecule has 0 bridgehead atoms. The van der Waals surface area contributed by atoms with Crippen LogP contribution in [0.15, 0.2) is 48.8 Å². The van der Waals surface area contributed by atoms with Crippen molar-refractivity contribution in [3.05, 3.63) is 66.0 Å². The van der Waals surface area contributed by atoms with E-state index < -0.39 is 0 Å². The van der Waals surface area contributed by atoms with Crippen LogP contribution in [0.5, 0.6) is 0 Å². The molecule has 0 aliphatic heterocycles. The molecule has 2 heterocycles. The summed E-state index contributed by atoms with van der Waals surface area (Å²) < 4.78 is 15.1. The number of hydrogen-bond acceptors (Lipinski definition) is 2.